The van der Waals surface area contributed by atoms with Crippen LogP contribution in [0.25, 0.3) is 0 Å². The fourth-order valence-electron chi connectivity index (χ4n) is 2.24. The van der Waals surface area contributed by atoms with E-state index in [2.05, 4.69) is 19.1 Å². The molecule has 1 fully saturated rings. The first-order valence-corrected chi connectivity index (χ1v) is 6.71. The number of carbonyl (C=O) groups excluding carboxylic acids is 1. The van der Waals surface area contributed by atoms with Crippen molar-refractivity contribution in [1.29, 1.82) is 0 Å². The van der Waals surface area contributed by atoms with Crippen molar-refractivity contribution >= 4 is 17.1 Å². The average Bonchev–Trinajstić information content (AvgIpc) is 2.69. The molecular formula is C13H18OS. The van der Waals surface area contributed by atoms with Crippen LogP contribution in [0, 0.1) is 5.92 Å². The van der Waals surface area contributed by atoms with E-state index >= 15 is 0 Å². The second-order valence-corrected chi connectivity index (χ2v) is 5.59. The molecule has 2 rings (SSSR count). The Balaban J connectivity index is 1.98. The first-order valence-electron chi connectivity index (χ1n) is 5.90. The SMILES string of the molecule is CCc1ccc(CC2CCCCC2=O)s1. The highest BCUT2D eigenvalue weighted by atomic mass is 32.1. The molecule has 1 aromatic heterocycles. The van der Waals surface area contributed by atoms with Gasteiger partial charge in [0.2, 0.25) is 0 Å². The van der Waals surface area contributed by atoms with Gasteiger partial charge in [-0.15, -0.1) is 11.3 Å². The topological polar surface area (TPSA) is 17.1 Å². The van der Waals surface area contributed by atoms with Crippen molar-refractivity contribution in [3.05, 3.63) is 21.9 Å². The summed E-state index contributed by atoms with van der Waals surface area (Å²) in [5, 5.41) is 0. The van der Waals surface area contributed by atoms with Crippen molar-refractivity contribution in [3.8, 4) is 0 Å². The third-order valence-corrected chi connectivity index (χ3v) is 4.45. The molecule has 1 saturated carbocycles. The number of aryl methyl sites for hydroxylation is 1. The van der Waals surface area contributed by atoms with Gasteiger partial charge in [0.15, 0.2) is 0 Å². The Kier molecular flexibility index (Phi) is 3.57. The van der Waals surface area contributed by atoms with Crippen LogP contribution >= 0.6 is 11.3 Å². The predicted octanol–water partition coefficient (Wildman–Crippen LogP) is 3.61. The molecule has 0 spiro atoms. The number of hydrogen-bond donors (Lipinski definition) is 0. The summed E-state index contributed by atoms with van der Waals surface area (Å²) >= 11 is 1.88. The number of thiophene rings is 1. The molecule has 1 heterocycles. The standard InChI is InChI=1S/C13H18OS/c1-2-11-7-8-12(15-11)9-10-5-3-4-6-13(10)14/h7-8,10H,2-6,9H2,1H3. The van der Waals surface area contributed by atoms with Crippen molar-refractivity contribution in [2.75, 3.05) is 0 Å². The van der Waals surface area contributed by atoms with Gasteiger partial charge in [-0.1, -0.05) is 13.3 Å². The summed E-state index contributed by atoms with van der Waals surface area (Å²) < 4.78 is 0. The number of hydrogen-bond acceptors (Lipinski definition) is 2. The molecule has 15 heavy (non-hydrogen) atoms. The summed E-state index contributed by atoms with van der Waals surface area (Å²) in [7, 11) is 0. The third-order valence-electron chi connectivity index (χ3n) is 3.19. The van der Waals surface area contributed by atoms with Crippen LogP contribution in [0.1, 0.15) is 42.4 Å². The number of Topliss-reactive ketones (excluding diaryl/α,β-unsaturated/α-hetero) is 1. The summed E-state index contributed by atoms with van der Waals surface area (Å²) in [4.78, 5) is 14.5. The first-order chi connectivity index (χ1) is 7.29. The summed E-state index contributed by atoms with van der Waals surface area (Å²) in [6, 6.07) is 4.40. The lowest BCUT2D eigenvalue weighted by Crippen LogP contribution is -2.20. The Hall–Kier alpha value is -0.630. The van der Waals surface area contributed by atoms with Crippen LogP contribution in [0.4, 0.5) is 0 Å². The highest BCUT2D eigenvalue weighted by molar-refractivity contribution is 7.12. The Morgan fingerprint density at radius 1 is 1.33 bits per heavy atom. The van der Waals surface area contributed by atoms with Gasteiger partial charge in [0, 0.05) is 22.1 Å². The van der Waals surface area contributed by atoms with Gasteiger partial charge in [-0.2, -0.15) is 0 Å². The molecule has 1 nitrogen and oxygen atoms in total. The van der Waals surface area contributed by atoms with Crippen LogP contribution in [0.15, 0.2) is 12.1 Å². The highest BCUT2D eigenvalue weighted by Crippen LogP contribution is 2.27. The fourth-order valence-corrected chi connectivity index (χ4v) is 3.27. The Bertz CT molecular complexity index is 340. The summed E-state index contributed by atoms with van der Waals surface area (Å²) in [5.74, 6) is 0.815. The Labute approximate surface area is 95.5 Å². The van der Waals surface area contributed by atoms with Crippen LogP contribution in [0.5, 0.6) is 0 Å². The Morgan fingerprint density at radius 2 is 2.13 bits per heavy atom. The molecule has 0 amide bonds. The number of ketones is 1. The molecule has 0 aliphatic heterocycles. The van der Waals surface area contributed by atoms with Gasteiger partial charge in [0.1, 0.15) is 5.78 Å². The number of rotatable bonds is 3. The monoisotopic (exact) mass is 222 g/mol. The smallest absolute Gasteiger partial charge is 0.136 e. The van der Waals surface area contributed by atoms with Gasteiger partial charge < -0.3 is 0 Å². The molecule has 0 N–H and O–H groups in total. The van der Waals surface area contributed by atoms with Gasteiger partial charge in [-0.3, -0.25) is 4.79 Å². The minimum absolute atomic E-state index is 0.321. The van der Waals surface area contributed by atoms with Crippen molar-refractivity contribution in [3.63, 3.8) is 0 Å². The van der Waals surface area contributed by atoms with E-state index in [-0.39, 0.29) is 0 Å². The van der Waals surface area contributed by atoms with Gasteiger partial charge in [0.05, 0.1) is 0 Å². The molecule has 1 unspecified atom stereocenters. The lowest BCUT2D eigenvalue weighted by Gasteiger charge is -2.19. The molecule has 0 aromatic carbocycles. The van der Waals surface area contributed by atoms with E-state index in [4.69, 9.17) is 0 Å². The maximum absolute atomic E-state index is 11.7. The normalized spacial score (nSPS) is 21.9. The zero-order valence-electron chi connectivity index (χ0n) is 9.29. The molecule has 82 valence electrons. The predicted molar refractivity (Wildman–Crippen MR) is 64.4 cm³/mol. The van der Waals surface area contributed by atoms with E-state index < -0.39 is 0 Å². The van der Waals surface area contributed by atoms with E-state index in [1.807, 2.05) is 11.3 Å². The zero-order valence-corrected chi connectivity index (χ0v) is 10.1. The van der Waals surface area contributed by atoms with Gasteiger partial charge >= 0.3 is 0 Å². The van der Waals surface area contributed by atoms with E-state index in [1.54, 1.807) is 0 Å². The van der Waals surface area contributed by atoms with Crippen LogP contribution in [0.3, 0.4) is 0 Å². The van der Waals surface area contributed by atoms with Crippen molar-refractivity contribution < 1.29 is 4.79 Å². The minimum atomic E-state index is 0.321. The second-order valence-electron chi connectivity index (χ2n) is 4.33. The van der Waals surface area contributed by atoms with E-state index in [1.165, 1.54) is 16.2 Å². The number of carbonyl (C=O) groups is 1. The van der Waals surface area contributed by atoms with Crippen LogP contribution in [0.2, 0.25) is 0 Å². The van der Waals surface area contributed by atoms with Crippen molar-refractivity contribution in [2.45, 2.75) is 45.4 Å². The minimum Gasteiger partial charge on any atom is -0.299 e. The van der Waals surface area contributed by atoms with Gasteiger partial charge in [-0.25, -0.2) is 0 Å². The third kappa shape index (κ3) is 2.69. The van der Waals surface area contributed by atoms with Crippen LogP contribution < -0.4 is 0 Å². The Morgan fingerprint density at radius 3 is 2.80 bits per heavy atom. The first kappa shape index (κ1) is 10.9. The van der Waals surface area contributed by atoms with Gasteiger partial charge in [0.25, 0.3) is 0 Å². The largest absolute Gasteiger partial charge is 0.299 e. The lowest BCUT2D eigenvalue weighted by molar-refractivity contribution is -0.124. The fraction of sp³-hybridized carbons (Fsp3) is 0.615. The quantitative estimate of drug-likeness (QED) is 0.763. The maximum atomic E-state index is 11.7. The summed E-state index contributed by atoms with van der Waals surface area (Å²) in [5.41, 5.74) is 0. The molecule has 1 aromatic rings. The molecular weight excluding hydrogens is 204 g/mol. The molecule has 1 aliphatic rings. The molecule has 2 heteroatoms. The second kappa shape index (κ2) is 4.93. The average molecular weight is 222 g/mol. The van der Waals surface area contributed by atoms with Crippen LogP contribution in [-0.4, -0.2) is 5.78 Å². The molecule has 1 atom stereocenters. The summed E-state index contributed by atoms with van der Waals surface area (Å²) in [6.45, 7) is 2.18. The van der Waals surface area contributed by atoms with E-state index in [9.17, 15) is 4.79 Å². The van der Waals surface area contributed by atoms with Crippen molar-refractivity contribution in [2.24, 2.45) is 5.92 Å². The lowest BCUT2D eigenvalue weighted by atomic mass is 9.85. The highest BCUT2D eigenvalue weighted by Gasteiger charge is 2.22. The summed E-state index contributed by atoms with van der Waals surface area (Å²) in [6.07, 6.45) is 6.38. The van der Waals surface area contributed by atoms with Crippen molar-refractivity contribution in [1.82, 2.24) is 0 Å². The zero-order chi connectivity index (χ0) is 10.7. The molecule has 0 saturated heterocycles. The van der Waals surface area contributed by atoms with Gasteiger partial charge in [-0.05, 0) is 37.8 Å². The molecule has 0 bridgehead atoms. The maximum Gasteiger partial charge on any atom is 0.136 e. The van der Waals surface area contributed by atoms with E-state index in [0.717, 1.165) is 32.1 Å². The molecule has 0 radical (unpaired) electrons. The molecule has 1 aliphatic carbocycles. The van der Waals surface area contributed by atoms with E-state index in [0.29, 0.717) is 11.7 Å². The van der Waals surface area contributed by atoms with Crippen LogP contribution in [-0.2, 0) is 17.6 Å².